The van der Waals surface area contributed by atoms with E-state index in [1.807, 2.05) is 0 Å². The number of thiazole rings is 1. The number of carbonyl (C=O) groups is 2. The second-order valence-electron chi connectivity index (χ2n) is 4.74. The van der Waals surface area contributed by atoms with Crippen LogP contribution in [-0.4, -0.2) is 29.8 Å². The minimum atomic E-state index is -4.83. The van der Waals surface area contributed by atoms with Gasteiger partial charge in [-0.15, -0.1) is 24.5 Å². The molecule has 0 aliphatic heterocycles. The van der Waals surface area contributed by atoms with E-state index in [0.29, 0.717) is 5.01 Å². The van der Waals surface area contributed by atoms with Crippen molar-refractivity contribution in [1.29, 1.82) is 0 Å². The molecular weight excluding hydrogens is 373 g/mol. The van der Waals surface area contributed by atoms with Gasteiger partial charge in [-0.05, 0) is 12.1 Å². The molecule has 0 saturated carbocycles. The maximum atomic E-state index is 12.3. The predicted molar refractivity (Wildman–Crippen MR) is 87.1 cm³/mol. The summed E-state index contributed by atoms with van der Waals surface area (Å²) in [6.07, 6.45) is -0.697. The fraction of sp³-hybridized carbons (Fsp3) is 0.188. The molecule has 2 aromatic rings. The second-order valence-corrected chi connectivity index (χ2v) is 5.67. The lowest BCUT2D eigenvalue weighted by molar-refractivity contribution is -0.274. The molecule has 1 N–H and O–H groups in total. The molecular formula is C16H13F3N2O4S. The zero-order valence-corrected chi connectivity index (χ0v) is 14.0. The molecule has 6 nitrogen and oxygen atoms in total. The number of rotatable bonds is 7. The molecule has 0 aliphatic rings. The summed E-state index contributed by atoms with van der Waals surface area (Å²) in [5.41, 5.74) is 0.133. The van der Waals surface area contributed by atoms with Gasteiger partial charge in [0.25, 0.3) is 5.91 Å². The Morgan fingerprint density at radius 2 is 2.04 bits per heavy atom. The smallest absolute Gasteiger partial charge is 0.452 e. The Morgan fingerprint density at radius 1 is 1.27 bits per heavy atom. The third-order valence-electron chi connectivity index (χ3n) is 2.83. The van der Waals surface area contributed by atoms with E-state index in [1.165, 1.54) is 35.6 Å². The Hall–Kier alpha value is -2.88. The predicted octanol–water partition coefficient (Wildman–Crippen LogP) is 2.91. The molecule has 2 rings (SSSR count). The van der Waals surface area contributed by atoms with Crippen molar-refractivity contribution in [2.75, 3.05) is 6.61 Å². The number of hydrogen-bond acceptors (Lipinski definition) is 6. The molecule has 0 unspecified atom stereocenters. The first-order valence-electron chi connectivity index (χ1n) is 7.18. The number of carbonyl (C=O) groups excluding carboxylic acids is 2. The summed E-state index contributed by atoms with van der Waals surface area (Å²) in [6.45, 7) is -0.777. The van der Waals surface area contributed by atoms with Crippen molar-refractivity contribution >= 4 is 29.3 Å². The standard InChI is InChI=1S/C16H13F3N2O4S/c17-16(18,19)25-12-4-2-1-3-11(12)9-21-13(22)10-24-15(23)6-5-14-20-7-8-26-14/h1-8H,9-10H2,(H,21,22). The number of benzene rings is 1. The van der Waals surface area contributed by atoms with Crippen molar-refractivity contribution in [2.45, 2.75) is 12.9 Å². The van der Waals surface area contributed by atoms with Crippen molar-refractivity contribution in [3.8, 4) is 5.75 Å². The van der Waals surface area contributed by atoms with Crippen LogP contribution in [0.5, 0.6) is 5.75 Å². The number of ether oxygens (including phenoxy) is 2. The lowest BCUT2D eigenvalue weighted by Crippen LogP contribution is -2.28. The summed E-state index contributed by atoms with van der Waals surface area (Å²) < 4.78 is 45.6. The van der Waals surface area contributed by atoms with Crippen LogP contribution in [0.4, 0.5) is 13.2 Å². The minimum Gasteiger partial charge on any atom is -0.452 e. The average Bonchev–Trinajstić information content (AvgIpc) is 3.09. The third kappa shape index (κ3) is 6.93. The fourth-order valence-corrected chi connectivity index (χ4v) is 2.29. The summed E-state index contributed by atoms with van der Waals surface area (Å²) >= 11 is 1.32. The van der Waals surface area contributed by atoms with Gasteiger partial charge in [-0.3, -0.25) is 4.79 Å². The molecule has 1 aromatic carbocycles. The monoisotopic (exact) mass is 386 g/mol. The normalized spacial score (nSPS) is 11.3. The average molecular weight is 386 g/mol. The molecule has 0 saturated heterocycles. The maximum Gasteiger partial charge on any atom is 0.573 e. The Bertz CT molecular complexity index is 776. The van der Waals surface area contributed by atoms with Gasteiger partial charge in [0, 0.05) is 29.8 Å². The Kier molecular flexibility index (Phi) is 6.73. The molecule has 0 radical (unpaired) electrons. The number of esters is 1. The lowest BCUT2D eigenvalue weighted by Gasteiger charge is -2.13. The van der Waals surface area contributed by atoms with E-state index in [1.54, 1.807) is 11.6 Å². The first kappa shape index (κ1) is 19.4. The first-order valence-corrected chi connectivity index (χ1v) is 8.06. The zero-order chi connectivity index (χ0) is 19.0. The first-order chi connectivity index (χ1) is 12.3. The Labute approximate surface area is 150 Å². The van der Waals surface area contributed by atoms with Gasteiger partial charge in [0.05, 0.1) is 0 Å². The van der Waals surface area contributed by atoms with Gasteiger partial charge in [0.15, 0.2) is 6.61 Å². The van der Waals surface area contributed by atoms with E-state index in [-0.39, 0.29) is 12.1 Å². The number of nitrogens with zero attached hydrogens (tertiary/aromatic N) is 1. The van der Waals surface area contributed by atoms with Gasteiger partial charge >= 0.3 is 12.3 Å². The largest absolute Gasteiger partial charge is 0.573 e. The summed E-state index contributed by atoms with van der Waals surface area (Å²) in [5, 5.41) is 4.69. The van der Waals surface area contributed by atoms with Gasteiger partial charge < -0.3 is 14.8 Å². The van der Waals surface area contributed by atoms with E-state index < -0.39 is 30.6 Å². The summed E-state index contributed by atoms with van der Waals surface area (Å²) in [5.74, 6) is -1.82. The number of alkyl halides is 3. The Balaban J connectivity index is 1.79. The number of para-hydroxylation sites is 1. The van der Waals surface area contributed by atoms with E-state index in [2.05, 4.69) is 15.0 Å². The van der Waals surface area contributed by atoms with Crippen molar-refractivity contribution in [3.63, 3.8) is 0 Å². The molecule has 26 heavy (non-hydrogen) atoms. The van der Waals surface area contributed by atoms with Crippen LogP contribution in [0.2, 0.25) is 0 Å². The fourth-order valence-electron chi connectivity index (χ4n) is 1.76. The van der Waals surface area contributed by atoms with Gasteiger partial charge in [0.1, 0.15) is 10.8 Å². The highest BCUT2D eigenvalue weighted by molar-refractivity contribution is 7.10. The van der Waals surface area contributed by atoms with Gasteiger partial charge in [-0.2, -0.15) is 0 Å². The minimum absolute atomic E-state index is 0.133. The SMILES string of the molecule is O=C(COC(=O)C=Cc1nccs1)NCc1ccccc1OC(F)(F)F. The number of amides is 1. The van der Waals surface area contributed by atoms with E-state index in [4.69, 9.17) is 4.74 Å². The van der Waals surface area contributed by atoms with Crippen LogP contribution in [0.1, 0.15) is 10.6 Å². The molecule has 10 heteroatoms. The Morgan fingerprint density at radius 3 is 2.73 bits per heavy atom. The molecule has 1 heterocycles. The molecule has 138 valence electrons. The molecule has 0 bridgehead atoms. The van der Waals surface area contributed by atoms with Crippen molar-refractivity contribution in [3.05, 3.63) is 52.5 Å². The van der Waals surface area contributed by atoms with Crippen LogP contribution in [0.25, 0.3) is 6.08 Å². The summed E-state index contributed by atoms with van der Waals surface area (Å²) in [6, 6.07) is 5.40. The van der Waals surface area contributed by atoms with Gasteiger partial charge in [-0.25, -0.2) is 9.78 Å². The van der Waals surface area contributed by atoms with E-state index in [9.17, 15) is 22.8 Å². The highest BCUT2D eigenvalue weighted by Crippen LogP contribution is 2.25. The number of hydrogen-bond donors (Lipinski definition) is 1. The highest BCUT2D eigenvalue weighted by atomic mass is 32.1. The highest BCUT2D eigenvalue weighted by Gasteiger charge is 2.31. The molecule has 1 aromatic heterocycles. The van der Waals surface area contributed by atoms with Crippen LogP contribution >= 0.6 is 11.3 Å². The maximum absolute atomic E-state index is 12.3. The zero-order valence-electron chi connectivity index (χ0n) is 13.2. The summed E-state index contributed by atoms with van der Waals surface area (Å²) in [7, 11) is 0. The van der Waals surface area contributed by atoms with Crippen molar-refractivity contribution in [1.82, 2.24) is 10.3 Å². The molecule has 0 aliphatic carbocycles. The third-order valence-corrected chi connectivity index (χ3v) is 3.57. The number of halogens is 3. The molecule has 0 fully saturated rings. The van der Waals surface area contributed by atoms with Gasteiger partial charge in [-0.1, -0.05) is 18.2 Å². The molecule has 0 spiro atoms. The van der Waals surface area contributed by atoms with E-state index in [0.717, 1.165) is 12.1 Å². The van der Waals surface area contributed by atoms with Crippen molar-refractivity contribution in [2.24, 2.45) is 0 Å². The number of nitrogens with one attached hydrogen (secondary N) is 1. The van der Waals surface area contributed by atoms with Crippen molar-refractivity contribution < 1.29 is 32.2 Å². The van der Waals surface area contributed by atoms with Crippen LogP contribution < -0.4 is 10.1 Å². The quantitative estimate of drug-likeness (QED) is 0.585. The van der Waals surface area contributed by atoms with E-state index >= 15 is 0 Å². The van der Waals surface area contributed by atoms with Crippen LogP contribution in [0.15, 0.2) is 41.9 Å². The lowest BCUT2D eigenvalue weighted by atomic mass is 10.2. The van der Waals surface area contributed by atoms with Crippen LogP contribution in [-0.2, 0) is 20.9 Å². The van der Waals surface area contributed by atoms with Crippen LogP contribution in [0, 0.1) is 0 Å². The molecule has 1 amide bonds. The summed E-state index contributed by atoms with van der Waals surface area (Å²) in [4.78, 5) is 27.1. The van der Waals surface area contributed by atoms with Gasteiger partial charge in [0.2, 0.25) is 0 Å². The second kappa shape index (κ2) is 8.99. The number of aromatic nitrogens is 1. The topological polar surface area (TPSA) is 77.5 Å². The van der Waals surface area contributed by atoms with Crippen LogP contribution in [0.3, 0.4) is 0 Å². The molecule has 0 atom stereocenters.